The van der Waals surface area contributed by atoms with Gasteiger partial charge in [-0.05, 0) is 66.3 Å². The second-order valence-corrected chi connectivity index (χ2v) is 12.6. The largest absolute Gasteiger partial charge is 0.508 e. The monoisotopic (exact) mass is 558 g/mol. The second kappa shape index (κ2) is 9.16. The van der Waals surface area contributed by atoms with Gasteiger partial charge in [0, 0.05) is 62.3 Å². The van der Waals surface area contributed by atoms with Crippen molar-refractivity contribution in [2.75, 3.05) is 56.1 Å². The van der Waals surface area contributed by atoms with Gasteiger partial charge in [-0.3, -0.25) is 0 Å². The maximum atomic E-state index is 16.8. The quantitative estimate of drug-likeness (QED) is 0.371. The average Bonchev–Trinajstić information content (AvgIpc) is 3.59. The summed E-state index contributed by atoms with van der Waals surface area (Å²) in [5, 5.41) is 16.8. The lowest BCUT2D eigenvalue weighted by Gasteiger charge is -2.35. The lowest BCUT2D eigenvalue weighted by atomic mass is 9.96. The number of likely N-dealkylation sites (tertiary alicyclic amines) is 1. The number of hydrogen-bond acceptors (Lipinski definition) is 7. The van der Waals surface area contributed by atoms with Gasteiger partial charge < -0.3 is 25.1 Å². The Morgan fingerprint density at radius 2 is 1.62 bits per heavy atom. The van der Waals surface area contributed by atoms with Crippen molar-refractivity contribution in [3.05, 3.63) is 53.3 Å². The fourth-order valence-corrected chi connectivity index (χ4v) is 7.95. The van der Waals surface area contributed by atoms with E-state index in [-0.39, 0.29) is 21.9 Å². The molecule has 7 nitrogen and oxygen atoms in total. The van der Waals surface area contributed by atoms with E-state index in [4.69, 9.17) is 21.6 Å². The number of anilines is 2. The minimum atomic E-state index is -0.472. The van der Waals surface area contributed by atoms with Crippen LogP contribution in [0.4, 0.5) is 16.2 Å². The standard InChI is InChI=1S/C31H32ClFN6O/c1-37-11-18-13-39(14-19(18)12-37)31-35-29-25(30(36-31)38-15-20-6-7-21(16-38)34-20)10-26(32)27(28(29)33)24-9-22(40)8-17-4-2-3-5-23(17)24/h2-5,8-10,18-21,34,40H,6-7,11-16H2,1H3. The minimum Gasteiger partial charge on any atom is -0.508 e. The molecule has 4 fully saturated rings. The molecule has 4 unspecified atom stereocenters. The Kier molecular flexibility index (Phi) is 5.63. The van der Waals surface area contributed by atoms with E-state index in [1.54, 1.807) is 12.1 Å². The zero-order valence-corrected chi connectivity index (χ0v) is 23.2. The molecule has 3 aromatic carbocycles. The molecule has 0 spiro atoms. The molecule has 2 N–H and O–H groups in total. The second-order valence-electron chi connectivity index (χ2n) is 12.2. The third kappa shape index (κ3) is 3.91. The highest BCUT2D eigenvalue weighted by Gasteiger charge is 2.40. The minimum absolute atomic E-state index is 0.0678. The Balaban J connectivity index is 1.32. The van der Waals surface area contributed by atoms with E-state index in [1.807, 2.05) is 30.3 Å². The summed E-state index contributed by atoms with van der Waals surface area (Å²) in [6, 6.07) is 13.6. The van der Waals surface area contributed by atoms with Crippen molar-refractivity contribution in [2.45, 2.75) is 24.9 Å². The number of hydrogen-bond donors (Lipinski definition) is 2. The number of benzene rings is 3. The predicted octanol–water partition coefficient (Wildman–Crippen LogP) is 4.89. The van der Waals surface area contributed by atoms with E-state index in [2.05, 4.69) is 27.1 Å². The molecule has 4 atom stereocenters. The van der Waals surface area contributed by atoms with Crippen molar-refractivity contribution >= 4 is 45.0 Å². The zero-order valence-electron chi connectivity index (χ0n) is 22.4. The first-order valence-corrected chi connectivity index (χ1v) is 14.7. The van der Waals surface area contributed by atoms with Gasteiger partial charge in [0.1, 0.15) is 17.1 Å². The number of phenols is 1. The number of phenolic OH excluding ortho intramolecular Hbond substituents is 1. The molecule has 4 aromatic rings. The molecule has 206 valence electrons. The number of nitrogens with zero attached hydrogens (tertiary/aromatic N) is 5. The van der Waals surface area contributed by atoms with Gasteiger partial charge in [-0.15, -0.1) is 0 Å². The number of aromatic hydroxyl groups is 1. The smallest absolute Gasteiger partial charge is 0.228 e. The molecule has 4 saturated heterocycles. The summed E-state index contributed by atoms with van der Waals surface area (Å²) < 4.78 is 16.8. The summed E-state index contributed by atoms with van der Waals surface area (Å²) in [5.41, 5.74) is 1.10. The van der Waals surface area contributed by atoms with Gasteiger partial charge in [0.05, 0.1) is 5.02 Å². The van der Waals surface area contributed by atoms with Crippen LogP contribution in [0.2, 0.25) is 5.02 Å². The van der Waals surface area contributed by atoms with E-state index >= 15 is 4.39 Å². The third-order valence-electron chi connectivity index (χ3n) is 9.43. The lowest BCUT2D eigenvalue weighted by molar-refractivity contribution is 0.386. The van der Waals surface area contributed by atoms with Gasteiger partial charge in [0.25, 0.3) is 0 Å². The Bertz CT molecular complexity index is 1640. The van der Waals surface area contributed by atoms with Crippen molar-refractivity contribution in [3.63, 3.8) is 0 Å². The van der Waals surface area contributed by atoms with Crippen LogP contribution in [0.1, 0.15) is 12.8 Å². The molecule has 2 bridgehead atoms. The first-order chi connectivity index (χ1) is 19.4. The Labute approximate surface area is 237 Å². The van der Waals surface area contributed by atoms with Gasteiger partial charge in [0.2, 0.25) is 5.95 Å². The van der Waals surface area contributed by atoms with Crippen molar-refractivity contribution in [3.8, 4) is 16.9 Å². The summed E-state index contributed by atoms with van der Waals surface area (Å²) >= 11 is 6.90. The van der Waals surface area contributed by atoms with Crippen molar-refractivity contribution < 1.29 is 9.50 Å². The number of aromatic nitrogens is 2. The summed E-state index contributed by atoms with van der Waals surface area (Å²) in [6.07, 6.45) is 2.29. The van der Waals surface area contributed by atoms with Crippen LogP contribution in [-0.4, -0.2) is 78.4 Å². The highest BCUT2D eigenvalue weighted by atomic mass is 35.5. The number of piperazine rings is 1. The lowest BCUT2D eigenvalue weighted by Crippen LogP contribution is -2.51. The summed E-state index contributed by atoms with van der Waals surface area (Å²) in [5.74, 6) is 2.11. The van der Waals surface area contributed by atoms with E-state index < -0.39 is 5.82 Å². The first-order valence-electron chi connectivity index (χ1n) is 14.3. The normalized spacial score (nSPS) is 26.4. The topological polar surface area (TPSA) is 67.8 Å². The van der Waals surface area contributed by atoms with Gasteiger partial charge in [0.15, 0.2) is 5.82 Å². The highest BCUT2D eigenvalue weighted by molar-refractivity contribution is 6.35. The molecule has 40 heavy (non-hydrogen) atoms. The Morgan fingerprint density at radius 3 is 2.38 bits per heavy atom. The number of nitrogens with one attached hydrogen (secondary N) is 1. The maximum absolute atomic E-state index is 16.8. The van der Waals surface area contributed by atoms with Crippen LogP contribution in [0.15, 0.2) is 42.5 Å². The summed E-state index contributed by atoms with van der Waals surface area (Å²) in [4.78, 5) is 17.0. The highest BCUT2D eigenvalue weighted by Crippen LogP contribution is 2.43. The van der Waals surface area contributed by atoms with Gasteiger partial charge in [-0.25, -0.2) is 9.37 Å². The van der Waals surface area contributed by atoms with Gasteiger partial charge >= 0.3 is 0 Å². The van der Waals surface area contributed by atoms with E-state index in [1.165, 1.54) is 0 Å². The van der Waals surface area contributed by atoms with E-state index in [9.17, 15) is 5.11 Å². The molecular formula is C31H32ClFN6O. The van der Waals surface area contributed by atoms with E-state index in [0.29, 0.717) is 40.8 Å². The molecule has 5 heterocycles. The number of fused-ring (bicyclic) bond motifs is 5. The SMILES string of the molecule is CN1CC2CN(c3nc(N4CC5CCC(C4)N5)c4cc(Cl)c(-c5cc(O)cc6ccccc56)c(F)c4n3)CC2C1. The molecule has 0 aliphatic carbocycles. The van der Waals surface area contributed by atoms with Crippen molar-refractivity contribution in [1.29, 1.82) is 0 Å². The van der Waals surface area contributed by atoms with Gasteiger partial charge in [-0.2, -0.15) is 4.98 Å². The van der Waals surface area contributed by atoms with E-state index in [0.717, 1.165) is 68.7 Å². The molecular weight excluding hydrogens is 527 g/mol. The molecule has 0 amide bonds. The van der Waals surface area contributed by atoms with Gasteiger partial charge in [-0.1, -0.05) is 35.9 Å². The number of halogens is 2. The third-order valence-corrected chi connectivity index (χ3v) is 9.73. The predicted molar refractivity (Wildman–Crippen MR) is 158 cm³/mol. The molecule has 8 rings (SSSR count). The molecule has 9 heteroatoms. The maximum Gasteiger partial charge on any atom is 0.228 e. The average molecular weight is 559 g/mol. The number of rotatable bonds is 3. The molecule has 4 aliphatic heterocycles. The van der Waals surface area contributed by atoms with Crippen molar-refractivity contribution in [2.24, 2.45) is 11.8 Å². The molecule has 0 radical (unpaired) electrons. The zero-order chi connectivity index (χ0) is 27.1. The first kappa shape index (κ1) is 24.6. The van der Waals surface area contributed by atoms with Crippen LogP contribution in [0.3, 0.4) is 0 Å². The fourth-order valence-electron chi connectivity index (χ4n) is 7.66. The molecule has 0 saturated carbocycles. The molecule has 4 aliphatic rings. The van der Waals surface area contributed by atoms with Crippen LogP contribution in [0.25, 0.3) is 32.8 Å². The summed E-state index contributed by atoms with van der Waals surface area (Å²) in [6.45, 7) is 5.56. The Hall–Kier alpha value is -3.20. The Morgan fingerprint density at radius 1 is 0.900 bits per heavy atom. The van der Waals surface area contributed by atoms with Crippen LogP contribution in [-0.2, 0) is 0 Å². The molecule has 1 aromatic heterocycles. The summed E-state index contributed by atoms with van der Waals surface area (Å²) in [7, 11) is 2.18. The van der Waals surface area contributed by atoms with Crippen LogP contribution >= 0.6 is 11.6 Å². The van der Waals surface area contributed by atoms with Crippen molar-refractivity contribution in [1.82, 2.24) is 20.2 Å². The fraction of sp³-hybridized carbons (Fsp3) is 0.419. The van der Waals surface area contributed by atoms with Crippen LogP contribution in [0.5, 0.6) is 5.75 Å². The van der Waals surface area contributed by atoms with Crippen LogP contribution in [0, 0.1) is 17.7 Å². The van der Waals surface area contributed by atoms with Crippen LogP contribution < -0.4 is 15.1 Å².